The number of hydrogen-bond donors (Lipinski definition) is 2. The number of hydrogen-bond acceptors (Lipinski definition) is 8. The fourth-order valence-electron chi connectivity index (χ4n) is 3.26. The quantitative estimate of drug-likeness (QED) is 0.772. The molecule has 0 spiro atoms. The van der Waals surface area contributed by atoms with Crippen LogP contribution >= 0.6 is 0 Å². The number of Topliss-reactive ketones (excluding diaryl/α,β-unsaturated/α-hetero) is 1. The van der Waals surface area contributed by atoms with E-state index in [-0.39, 0.29) is 41.6 Å². The third-order valence-corrected chi connectivity index (χ3v) is 4.65. The van der Waals surface area contributed by atoms with Crippen LogP contribution in [0.5, 0.6) is 34.5 Å². The minimum atomic E-state index is -1.87. The average molecular weight is 390 g/mol. The fraction of sp³-hybridized carbons (Fsp3) is 0.350. The lowest BCUT2D eigenvalue weighted by Gasteiger charge is -2.33. The van der Waals surface area contributed by atoms with E-state index in [0.717, 1.165) is 0 Å². The van der Waals surface area contributed by atoms with Gasteiger partial charge in [-0.05, 0) is 17.7 Å². The van der Waals surface area contributed by atoms with Crippen molar-refractivity contribution in [2.45, 2.75) is 12.0 Å². The van der Waals surface area contributed by atoms with Gasteiger partial charge in [-0.3, -0.25) is 4.79 Å². The number of aromatic hydroxyl groups is 1. The second-order valence-electron chi connectivity index (χ2n) is 6.35. The molecule has 1 aliphatic rings. The van der Waals surface area contributed by atoms with Crippen molar-refractivity contribution in [3.8, 4) is 34.5 Å². The number of fused-ring (bicyclic) bond motifs is 1. The van der Waals surface area contributed by atoms with Crippen molar-refractivity contribution >= 4 is 5.78 Å². The first-order valence-electron chi connectivity index (χ1n) is 8.47. The smallest absolute Gasteiger partial charge is 0.205 e. The molecule has 0 amide bonds. The van der Waals surface area contributed by atoms with E-state index in [4.69, 9.17) is 23.7 Å². The van der Waals surface area contributed by atoms with Crippen LogP contribution in [0.4, 0.5) is 0 Å². The summed E-state index contributed by atoms with van der Waals surface area (Å²) in [6, 6.07) is 6.33. The van der Waals surface area contributed by atoms with E-state index in [1.165, 1.54) is 34.5 Å². The Hall–Kier alpha value is -3.13. The molecule has 1 atom stereocenters. The topological polar surface area (TPSA) is 104 Å². The molecular weight excluding hydrogens is 368 g/mol. The number of phenols is 1. The summed E-state index contributed by atoms with van der Waals surface area (Å²) in [7, 11) is 5.82. The first-order valence-corrected chi connectivity index (χ1v) is 8.47. The molecule has 0 unspecified atom stereocenters. The van der Waals surface area contributed by atoms with E-state index in [9.17, 15) is 15.0 Å². The Morgan fingerprint density at radius 3 is 2.29 bits per heavy atom. The average Bonchev–Trinajstić information content (AvgIpc) is 2.70. The van der Waals surface area contributed by atoms with Crippen LogP contribution in [-0.4, -0.2) is 56.6 Å². The van der Waals surface area contributed by atoms with Crippen LogP contribution in [0.25, 0.3) is 0 Å². The van der Waals surface area contributed by atoms with Gasteiger partial charge in [-0.15, -0.1) is 0 Å². The Morgan fingerprint density at radius 2 is 1.68 bits per heavy atom. The van der Waals surface area contributed by atoms with Crippen molar-refractivity contribution < 1.29 is 38.7 Å². The maximum Gasteiger partial charge on any atom is 0.205 e. The maximum absolute atomic E-state index is 13.1. The molecule has 2 aromatic carbocycles. The van der Waals surface area contributed by atoms with Crippen LogP contribution in [0, 0.1) is 0 Å². The van der Waals surface area contributed by atoms with Gasteiger partial charge in [-0.25, -0.2) is 0 Å². The summed E-state index contributed by atoms with van der Waals surface area (Å²) in [5.41, 5.74) is -1.38. The summed E-state index contributed by atoms with van der Waals surface area (Å²) in [5, 5.41) is 21.3. The second kappa shape index (κ2) is 7.47. The lowest BCUT2D eigenvalue weighted by atomic mass is 9.84. The van der Waals surface area contributed by atoms with Gasteiger partial charge < -0.3 is 33.9 Å². The van der Waals surface area contributed by atoms with Crippen LogP contribution < -0.4 is 23.7 Å². The van der Waals surface area contributed by atoms with E-state index in [2.05, 4.69) is 0 Å². The van der Waals surface area contributed by atoms with Crippen molar-refractivity contribution in [1.29, 1.82) is 0 Å². The third-order valence-electron chi connectivity index (χ3n) is 4.65. The second-order valence-corrected chi connectivity index (χ2v) is 6.35. The van der Waals surface area contributed by atoms with E-state index in [0.29, 0.717) is 17.1 Å². The van der Waals surface area contributed by atoms with Gasteiger partial charge in [-0.1, -0.05) is 6.07 Å². The highest BCUT2D eigenvalue weighted by Crippen LogP contribution is 2.48. The number of benzene rings is 2. The molecule has 150 valence electrons. The first kappa shape index (κ1) is 19.6. The fourth-order valence-corrected chi connectivity index (χ4v) is 3.26. The molecule has 0 saturated carbocycles. The molecule has 0 saturated heterocycles. The number of ether oxygens (including phenoxy) is 5. The van der Waals surface area contributed by atoms with Gasteiger partial charge >= 0.3 is 0 Å². The Kier molecular flexibility index (Phi) is 5.24. The van der Waals surface area contributed by atoms with Crippen LogP contribution in [0.2, 0.25) is 0 Å². The highest BCUT2D eigenvalue weighted by molar-refractivity contribution is 6.08. The number of carbonyl (C=O) groups is 1. The minimum Gasteiger partial charge on any atom is -0.507 e. The van der Waals surface area contributed by atoms with Crippen molar-refractivity contribution in [3.63, 3.8) is 0 Å². The number of methoxy groups -OCH3 is 4. The zero-order valence-corrected chi connectivity index (χ0v) is 16.1. The lowest BCUT2D eigenvalue weighted by Crippen LogP contribution is -2.49. The van der Waals surface area contributed by atoms with Gasteiger partial charge in [0.2, 0.25) is 11.5 Å². The van der Waals surface area contributed by atoms with Crippen molar-refractivity contribution in [2.24, 2.45) is 0 Å². The van der Waals surface area contributed by atoms with Crippen LogP contribution in [0.3, 0.4) is 0 Å². The summed E-state index contributed by atoms with van der Waals surface area (Å²) in [5.74, 6) is 0.423. The number of carbonyl (C=O) groups excluding carboxylic acids is 1. The summed E-state index contributed by atoms with van der Waals surface area (Å²) in [4.78, 5) is 13.1. The standard InChI is InChI=1S/C20H22O8/c1-24-13-6-5-11(7-14(13)25-2)9-20(23)10-28-18-16(19(20)22)12(21)8-15(26-3)17(18)27-4/h5-8,21,23H,9-10H2,1-4H3/t20-/m1/s1. The highest BCUT2D eigenvalue weighted by atomic mass is 16.5. The van der Waals surface area contributed by atoms with Gasteiger partial charge in [0.15, 0.2) is 28.6 Å². The Morgan fingerprint density at radius 1 is 1.00 bits per heavy atom. The molecule has 28 heavy (non-hydrogen) atoms. The van der Waals surface area contributed by atoms with Crippen LogP contribution in [0.15, 0.2) is 24.3 Å². The Bertz CT molecular complexity index is 908. The Balaban J connectivity index is 1.99. The number of rotatable bonds is 6. The number of phenolic OH excluding ortho intramolecular Hbond substituents is 1. The number of ketones is 1. The van der Waals surface area contributed by atoms with Crippen molar-refractivity contribution in [3.05, 3.63) is 35.4 Å². The third kappa shape index (κ3) is 3.16. The summed E-state index contributed by atoms with van der Waals surface area (Å²) >= 11 is 0. The van der Waals surface area contributed by atoms with Gasteiger partial charge in [0.05, 0.1) is 28.4 Å². The minimum absolute atomic E-state index is 0.0422. The molecule has 0 aliphatic carbocycles. The SMILES string of the molecule is COc1ccc(C[C@@]2(O)COc3c(OC)c(OC)cc(O)c3C2=O)cc1OC. The van der Waals surface area contributed by atoms with Crippen molar-refractivity contribution in [2.75, 3.05) is 35.0 Å². The summed E-state index contributed by atoms with van der Waals surface area (Å²) in [6.45, 7) is -0.309. The van der Waals surface area contributed by atoms with E-state index < -0.39 is 11.4 Å². The molecular formula is C20H22O8. The highest BCUT2D eigenvalue weighted by Gasteiger charge is 2.46. The number of aliphatic hydroxyl groups is 1. The molecule has 2 aromatic rings. The molecule has 0 fully saturated rings. The van der Waals surface area contributed by atoms with E-state index >= 15 is 0 Å². The normalized spacial score (nSPS) is 18.1. The lowest BCUT2D eigenvalue weighted by molar-refractivity contribution is -0.00317. The maximum atomic E-state index is 13.1. The van der Waals surface area contributed by atoms with Crippen molar-refractivity contribution in [1.82, 2.24) is 0 Å². The molecule has 1 heterocycles. The molecule has 3 rings (SSSR count). The zero-order chi connectivity index (χ0) is 20.5. The molecule has 0 bridgehead atoms. The molecule has 2 N–H and O–H groups in total. The van der Waals surface area contributed by atoms with Gasteiger partial charge in [0.25, 0.3) is 0 Å². The summed E-state index contributed by atoms with van der Waals surface area (Å²) in [6.07, 6.45) is -0.0422. The van der Waals surface area contributed by atoms with E-state index in [1.54, 1.807) is 18.2 Å². The van der Waals surface area contributed by atoms with Gasteiger partial charge in [0, 0.05) is 12.5 Å². The molecule has 0 radical (unpaired) electrons. The predicted octanol–water partition coefficient (Wildman–Crippen LogP) is 1.98. The van der Waals surface area contributed by atoms with Crippen LogP contribution in [0.1, 0.15) is 15.9 Å². The monoisotopic (exact) mass is 390 g/mol. The van der Waals surface area contributed by atoms with Gasteiger partial charge in [0.1, 0.15) is 17.9 Å². The predicted molar refractivity (Wildman–Crippen MR) is 99.2 cm³/mol. The van der Waals surface area contributed by atoms with E-state index in [1.807, 2.05) is 0 Å². The largest absolute Gasteiger partial charge is 0.507 e. The Labute approximate surface area is 162 Å². The summed E-state index contributed by atoms with van der Waals surface area (Å²) < 4.78 is 26.5. The molecule has 0 aromatic heterocycles. The zero-order valence-electron chi connectivity index (χ0n) is 16.1. The molecule has 8 heteroatoms. The molecule has 8 nitrogen and oxygen atoms in total. The van der Waals surface area contributed by atoms with Crippen LogP contribution in [-0.2, 0) is 6.42 Å². The van der Waals surface area contributed by atoms with Gasteiger partial charge in [-0.2, -0.15) is 0 Å². The molecule has 1 aliphatic heterocycles. The first-order chi connectivity index (χ1) is 13.4.